The first-order valence-electron chi connectivity index (χ1n) is 8.25. The van der Waals surface area contributed by atoms with Crippen LogP contribution in [0, 0.1) is 6.92 Å². The number of carbonyl (C=O) groups excluding carboxylic acids is 1. The number of ether oxygens (including phenoxy) is 1. The fourth-order valence-corrected chi connectivity index (χ4v) is 3.21. The number of hydrogen-bond acceptors (Lipinski definition) is 4. The number of rotatable bonds is 8. The average Bonchev–Trinajstić information content (AvgIpc) is 2.61. The quantitative estimate of drug-likeness (QED) is 0.616. The molecule has 0 heterocycles. The number of benzene rings is 2. The van der Waals surface area contributed by atoms with Crippen LogP contribution < -0.4 is 20.1 Å². The summed E-state index contributed by atoms with van der Waals surface area (Å²) in [6.07, 6.45) is 0. The summed E-state index contributed by atoms with van der Waals surface area (Å²) in [6, 6.07) is 13.2. The largest absolute Gasteiger partial charge is 0.492 e. The molecular formula is C18H23N3O4S. The molecule has 2 aromatic carbocycles. The molecule has 0 aliphatic carbocycles. The van der Waals surface area contributed by atoms with Crippen LogP contribution in [0.5, 0.6) is 5.75 Å². The first-order chi connectivity index (χ1) is 12.4. The van der Waals surface area contributed by atoms with Crippen molar-refractivity contribution in [3.8, 4) is 5.75 Å². The van der Waals surface area contributed by atoms with E-state index < -0.39 is 16.1 Å². The summed E-state index contributed by atoms with van der Waals surface area (Å²) in [7, 11) is -3.59. The number of hydrogen-bond donors (Lipinski definition) is 3. The summed E-state index contributed by atoms with van der Waals surface area (Å²) in [5.41, 5.74) is 1.53. The van der Waals surface area contributed by atoms with Crippen molar-refractivity contribution in [2.75, 3.05) is 25.0 Å². The minimum Gasteiger partial charge on any atom is -0.492 e. The molecule has 7 nitrogen and oxygen atoms in total. The molecule has 0 bridgehead atoms. The normalized spacial score (nSPS) is 11.0. The average molecular weight is 377 g/mol. The van der Waals surface area contributed by atoms with Crippen LogP contribution in [0.3, 0.4) is 0 Å². The Balaban J connectivity index is 1.81. The fraction of sp³-hybridized carbons (Fsp3) is 0.278. The van der Waals surface area contributed by atoms with E-state index in [-0.39, 0.29) is 18.0 Å². The van der Waals surface area contributed by atoms with E-state index in [2.05, 4.69) is 15.4 Å². The highest BCUT2D eigenvalue weighted by atomic mass is 32.2. The van der Waals surface area contributed by atoms with Gasteiger partial charge in [-0.15, -0.1) is 0 Å². The lowest BCUT2D eigenvalue weighted by Crippen LogP contribution is -2.36. The SMILES string of the molecule is CCOc1ccccc1NC(=O)NCCNS(=O)(=O)c1ccc(C)cc1. The van der Waals surface area contributed by atoms with Crippen molar-refractivity contribution in [1.82, 2.24) is 10.0 Å². The van der Waals surface area contributed by atoms with Gasteiger partial charge in [0.2, 0.25) is 10.0 Å². The second-order valence-corrected chi connectivity index (χ2v) is 7.29. The molecule has 0 aliphatic heterocycles. The van der Waals surface area contributed by atoms with Crippen LogP contribution >= 0.6 is 0 Å². The first kappa shape index (κ1) is 19.7. The molecule has 0 unspecified atom stereocenters. The number of anilines is 1. The second-order valence-electron chi connectivity index (χ2n) is 5.52. The lowest BCUT2D eigenvalue weighted by molar-refractivity contribution is 0.252. The van der Waals surface area contributed by atoms with Crippen LogP contribution in [0.4, 0.5) is 10.5 Å². The van der Waals surface area contributed by atoms with Crippen molar-refractivity contribution < 1.29 is 17.9 Å². The highest BCUT2D eigenvalue weighted by molar-refractivity contribution is 7.89. The van der Waals surface area contributed by atoms with Crippen molar-refractivity contribution in [1.29, 1.82) is 0 Å². The van der Waals surface area contributed by atoms with Gasteiger partial charge >= 0.3 is 6.03 Å². The number of urea groups is 1. The van der Waals surface area contributed by atoms with Crippen molar-refractivity contribution in [2.45, 2.75) is 18.7 Å². The van der Waals surface area contributed by atoms with E-state index in [9.17, 15) is 13.2 Å². The van der Waals surface area contributed by atoms with Gasteiger partial charge in [0, 0.05) is 13.1 Å². The third-order valence-electron chi connectivity index (χ3n) is 3.47. The van der Waals surface area contributed by atoms with E-state index in [0.29, 0.717) is 18.0 Å². The highest BCUT2D eigenvalue weighted by Gasteiger charge is 2.13. The van der Waals surface area contributed by atoms with Crippen molar-refractivity contribution >= 4 is 21.7 Å². The fourth-order valence-electron chi connectivity index (χ4n) is 2.18. The predicted molar refractivity (Wildman–Crippen MR) is 101 cm³/mol. The molecule has 0 aliphatic rings. The number of aryl methyl sites for hydroxylation is 1. The summed E-state index contributed by atoms with van der Waals surface area (Å²) in [5, 5.41) is 5.28. The van der Waals surface area contributed by atoms with Crippen LogP contribution in [-0.4, -0.2) is 34.1 Å². The Morgan fingerprint density at radius 3 is 2.42 bits per heavy atom. The van der Waals surface area contributed by atoms with E-state index >= 15 is 0 Å². The van der Waals surface area contributed by atoms with Crippen LogP contribution in [0.1, 0.15) is 12.5 Å². The zero-order chi connectivity index (χ0) is 19.0. The van der Waals surface area contributed by atoms with Gasteiger partial charge in [-0.1, -0.05) is 29.8 Å². The summed E-state index contributed by atoms with van der Waals surface area (Å²) in [6.45, 7) is 4.46. The zero-order valence-corrected chi connectivity index (χ0v) is 15.6. The lowest BCUT2D eigenvalue weighted by Gasteiger charge is -2.12. The molecule has 2 aromatic rings. The van der Waals surface area contributed by atoms with Gasteiger partial charge in [-0.05, 0) is 38.1 Å². The third-order valence-corrected chi connectivity index (χ3v) is 4.95. The van der Waals surface area contributed by atoms with Gasteiger partial charge in [-0.3, -0.25) is 0 Å². The minimum absolute atomic E-state index is 0.0801. The van der Waals surface area contributed by atoms with Crippen molar-refractivity contribution in [3.63, 3.8) is 0 Å². The molecule has 8 heteroatoms. The number of nitrogens with one attached hydrogen (secondary N) is 3. The maximum absolute atomic E-state index is 12.1. The maximum Gasteiger partial charge on any atom is 0.319 e. The van der Waals surface area contributed by atoms with Gasteiger partial charge < -0.3 is 15.4 Å². The van der Waals surface area contributed by atoms with Gasteiger partial charge in [-0.2, -0.15) is 0 Å². The minimum atomic E-state index is -3.59. The smallest absolute Gasteiger partial charge is 0.319 e. The van der Waals surface area contributed by atoms with E-state index in [1.165, 1.54) is 0 Å². The Kier molecular flexibility index (Phi) is 6.99. The molecule has 0 fully saturated rings. The molecule has 140 valence electrons. The third kappa shape index (κ3) is 5.75. The number of amides is 2. The molecule has 0 saturated carbocycles. The Morgan fingerprint density at radius 2 is 1.73 bits per heavy atom. The summed E-state index contributed by atoms with van der Waals surface area (Å²) in [5.74, 6) is 0.574. The van der Waals surface area contributed by atoms with Crippen LogP contribution in [0.25, 0.3) is 0 Å². The number of para-hydroxylation sites is 2. The molecule has 2 amide bonds. The Labute approximate surface area is 153 Å². The van der Waals surface area contributed by atoms with Gasteiger partial charge in [-0.25, -0.2) is 17.9 Å². The van der Waals surface area contributed by atoms with Crippen LogP contribution in [-0.2, 0) is 10.0 Å². The highest BCUT2D eigenvalue weighted by Crippen LogP contribution is 2.23. The van der Waals surface area contributed by atoms with Crippen molar-refractivity contribution in [2.24, 2.45) is 0 Å². The molecule has 26 heavy (non-hydrogen) atoms. The van der Waals surface area contributed by atoms with E-state index in [4.69, 9.17) is 4.74 Å². The molecule has 3 N–H and O–H groups in total. The number of carbonyl (C=O) groups is 1. The lowest BCUT2D eigenvalue weighted by atomic mass is 10.2. The standard InChI is InChI=1S/C18H23N3O4S/c1-3-25-17-7-5-4-6-16(17)21-18(22)19-12-13-20-26(23,24)15-10-8-14(2)9-11-15/h4-11,20H,3,12-13H2,1-2H3,(H2,19,21,22). The second kappa shape index (κ2) is 9.21. The Hall–Kier alpha value is -2.58. The summed E-state index contributed by atoms with van der Waals surface area (Å²) < 4.78 is 32.2. The van der Waals surface area contributed by atoms with E-state index in [1.54, 1.807) is 42.5 Å². The van der Waals surface area contributed by atoms with Crippen molar-refractivity contribution in [3.05, 3.63) is 54.1 Å². The predicted octanol–water partition coefficient (Wildman–Crippen LogP) is 2.49. The topological polar surface area (TPSA) is 96.5 Å². The monoisotopic (exact) mass is 377 g/mol. The van der Waals surface area contributed by atoms with Gasteiger partial charge in [0.1, 0.15) is 5.75 Å². The van der Waals surface area contributed by atoms with Gasteiger partial charge in [0.05, 0.1) is 17.2 Å². The molecular weight excluding hydrogens is 354 g/mol. The van der Waals surface area contributed by atoms with E-state index in [0.717, 1.165) is 5.56 Å². The first-order valence-corrected chi connectivity index (χ1v) is 9.73. The van der Waals surface area contributed by atoms with Crippen LogP contribution in [0.15, 0.2) is 53.4 Å². The van der Waals surface area contributed by atoms with Gasteiger partial charge in [0.25, 0.3) is 0 Å². The van der Waals surface area contributed by atoms with E-state index in [1.807, 2.05) is 19.9 Å². The summed E-state index contributed by atoms with van der Waals surface area (Å²) >= 11 is 0. The zero-order valence-electron chi connectivity index (χ0n) is 14.8. The maximum atomic E-state index is 12.1. The molecule has 0 atom stereocenters. The Bertz CT molecular complexity index is 836. The molecule has 0 aromatic heterocycles. The molecule has 2 rings (SSSR count). The molecule has 0 saturated heterocycles. The van der Waals surface area contributed by atoms with Crippen LogP contribution in [0.2, 0.25) is 0 Å². The Morgan fingerprint density at radius 1 is 1.04 bits per heavy atom. The molecule has 0 radical (unpaired) electrons. The van der Waals surface area contributed by atoms with Gasteiger partial charge in [0.15, 0.2) is 0 Å². The number of sulfonamides is 1. The summed E-state index contributed by atoms with van der Waals surface area (Å²) in [4.78, 5) is 12.1. The molecule has 0 spiro atoms.